The van der Waals surface area contributed by atoms with Gasteiger partial charge in [-0.25, -0.2) is 0 Å². The molecular weight excluding hydrogens is 260 g/mol. The third kappa shape index (κ3) is 2.36. The van der Waals surface area contributed by atoms with Gasteiger partial charge in [-0.1, -0.05) is 5.16 Å². The van der Waals surface area contributed by atoms with Crippen molar-refractivity contribution in [3.63, 3.8) is 0 Å². The fourth-order valence-electron chi connectivity index (χ4n) is 1.29. The minimum Gasteiger partial charge on any atom is -0.361 e. The van der Waals surface area contributed by atoms with Crippen LogP contribution >= 0.6 is 15.9 Å². The quantitative estimate of drug-likeness (QED) is 0.837. The van der Waals surface area contributed by atoms with Crippen molar-refractivity contribution in [3.8, 4) is 0 Å². The van der Waals surface area contributed by atoms with Crippen molar-refractivity contribution in [2.45, 2.75) is 13.5 Å². The molecule has 2 aromatic heterocycles. The summed E-state index contributed by atoms with van der Waals surface area (Å²) in [6.45, 7) is 2.25. The van der Waals surface area contributed by atoms with Gasteiger partial charge in [0.15, 0.2) is 0 Å². The highest BCUT2D eigenvalue weighted by molar-refractivity contribution is 9.10. The molecule has 0 aliphatic rings. The van der Waals surface area contributed by atoms with E-state index in [1.165, 1.54) is 6.07 Å². The average Bonchev–Trinajstić information content (AvgIpc) is 2.58. The fraction of sp³-hybridized carbons (Fsp3) is 0.200. The van der Waals surface area contributed by atoms with Crippen LogP contribution < -0.4 is 5.56 Å². The lowest BCUT2D eigenvalue weighted by Crippen LogP contribution is -2.18. The third-order valence-corrected chi connectivity index (χ3v) is 2.43. The van der Waals surface area contributed by atoms with Crippen LogP contribution in [0.4, 0.5) is 0 Å². The van der Waals surface area contributed by atoms with E-state index in [-0.39, 0.29) is 5.56 Å². The van der Waals surface area contributed by atoms with Crippen LogP contribution in [0.3, 0.4) is 0 Å². The monoisotopic (exact) mass is 268 g/mol. The SMILES string of the molecule is Cc1cc(Cn2cc(Br)ccc2=O)no1. The molecular formula is C10H9BrN2O2. The molecule has 0 saturated heterocycles. The van der Waals surface area contributed by atoms with Crippen LogP contribution in [0.15, 0.2) is 38.2 Å². The molecule has 0 radical (unpaired) electrons. The van der Waals surface area contributed by atoms with E-state index in [2.05, 4.69) is 21.1 Å². The second-order valence-corrected chi connectivity index (χ2v) is 4.16. The Labute approximate surface area is 94.6 Å². The van der Waals surface area contributed by atoms with E-state index < -0.39 is 0 Å². The number of aryl methyl sites for hydroxylation is 1. The maximum absolute atomic E-state index is 11.5. The summed E-state index contributed by atoms with van der Waals surface area (Å²) in [7, 11) is 0. The van der Waals surface area contributed by atoms with Crippen LogP contribution in [0.1, 0.15) is 11.5 Å². The Balaban J connectivity index is 2.31. The number of pyridine rings is 1. The van der Waals surface area contributed by atoms with Crippen LogP contribution in [0.5, 0.6) is 0 Å². The van der Waals surface area contributed by atoms with Gasteiger partial charge < -0.3 is 9.09 Å². The number of hydrogen-bond donors (Lipinski definition) is 0. The van der Waals surface area contributed by atoms with Crippen molar-refractivity contribution in [1.29, 1.82) is 0 Å². The molecule has 2 rings (SSSR count). The lowest BCUT2D eigenvalue weighted by molar-refractivity contribution is 0.388. The van der Waals surface area contributed by atoms with Gasteiger partial charge in [-0.15, -0.1) is 0 Å². The van der Waals surface area contributed by atoms with Gasteiger partial charge in [-0.05, 0) is 28.9 Å². The van der Waals surface area contributed by atoms with Crippen LogP contribution in [0.2, 0.25) is 0 Å². The van der Waals surface area contributed by atoms with Crippen LogP contribution in [0, 0.1) is 6.92 Å². The molecule has 0 amide bonds. The summed E-state index contributed by atoms with van der Waals surface area (Å²) in [5.41, 5.74) is 0.687. The maximum Gasteiger partial charge on any atom is 0.250 e. The summed E-state index contributed by atoms with van der Waals surface area (Å²) in [4.78, 5) is 11.5. The summed E-state index contributed by atoms with van der Waals surface area (Å²) >= 11 is 3.31. The summed E-state index contributed by atoms with van der Waals surface area (Å²) < 4.78 is 7.36. The second-order valence-electron chi connectivity index (χ2n) is 3.24. The first kappa shape index (κ1) is 10.2. The largest absolute Gasteiger partial charge is 0.361 e. The average molecular weight is 269 g/mol. The van der Waals surface area contributed by atoms with Gasteiger partial charge in [0.25, 0.3) is 5.56 Å². The van der Waals surface area contributed by atoms with Crippen LogP contribution in [-0.2, 0) is 6.54 Å². The topological polar surface area (TPSA) is 48.0 Å². The van der Waals surface area contributed by atoms with Crippen molar-refractivity contribution < 1.29 is 4.52 Å². The number of rotatable bonds is 2. The molecule has 2 aromatic rings. The van der Waals surface area contributed by atoms with E-state index in [1.807, 2.05) is 13.0 Å². The van der Waals surface area contributed by atoms with Crippen molar-refractivity contribution in [2.75, 3.05) is 0 Å². The molecule has 0 aromatic carbocycles. The summed E-state index contributed by atoms with van der Waals surface area (Å²) in [5.74, 6) is 0.744. The molecule has 5 heteroatoms. The van der Waals surface area contributed by atoms with E-state index >= 15 is 0 Å². The molecule has 0 spiro atoms. The predicted molar refractivity (Wildman–Crippen MR) is 58.7 cm³/mol. The highest BCUT2D eigenvalue weighted by atomic mass is 79.9. The standard InChI is InChI=1S/C10H9BrN2O2/c1-7-4-9(12-15-7)6-13-5-8(11)2-3-10(13)14/h2-5H,6H2,1H3. The minimum absolute atomic E-state index is 0.0566. The minimum atomic E-state index is -0.0566. The summed E-state index contributed by atoms with van der Waals surface area (Å²) in [6.07, 6.45) is 1.73. The normalized spacial score (nSPS) is 10.5. The first-order valence-electron chi connectivity index (χ1n) is 4.43. The molecule has 78 valence electrons. The summed E-state index contributed by atoms with van der Waals surface area (Å²) in [5, 5.41) is 3.83. The van der Waals surface area contributed by atoms with Crippen LogP contribution in [-0.4, -0.2) is 9.72 Å². The van der Waals surface area contributed by atoms with Gasteiger partial charge in [-0.3, -0.25) is 4.79 Å². The Morgan fingerprint density at radius 3 is 3.00 bits per heavy atom. The smallest absolute Gasteiger partial charge is 0.250 e. The maximum atomic E-state index is 11.5. The van der Waals surface area contributed by atoms with E-state index in [0.717, 1.165) is 15.9 Å². The lowest BCUT2D eigenvalue weighted by Gasteiger charge is -2.01. The molecule has 0 saturated carbocycles. The van der Waals surface area contributed by atoms with Crippen molar-refractivity contribution in [3.05, 3.63) is 50.7 Å². The molecule has 0 fully saturated rings. The van der Waals surface area contributed by atoms with Crippen molar-refractivity contribution >= 4 is 15.9 Å². The van der Waals surface area contributed by atoms with Gasteiger partial charge in [-0.2, -0.15) is 0 Å². The van der Waals surface area contributed by atoms with Gasteiger partial charge in [0.05, 0.1) is 6.54 Å². The molecule has 2 heterocycles. The Bertz CT molecular complexity index is 530. The Hall–Kier alpha value is -1.36. The number of halogens is 1. The Morgan fingerprint density at radius 1 is 1.53 bits per heavy atom. The van der Waals surface area contributed by atoms with Gasteiger partial charge in [0.2, 0.25) is 0 Å². The number of nitrogens with zero attached hydrogens (tertiary/aromatic N) is 2. The Kier molecular flexibility index (Phi) is 2.73. The zero-order valence-corrected chi connectivity index (χ0v) is 9.69. The first-order chi connectivity index (χ1) is 7.15. The van der Waals surface area contributed by atoms with E-state index in [4.69, 9.17) is 4.52 Å². The fourth-order valence-corrected chi connectivity index (χ4v) is 1.67. The molecule has 0 unspecified atom stereocenters. The zero-order chi connectivity index (χ0) is 10.8. The van der Waals surface area contributed by atoms with E-state index in [9.17, 15) is 4.79 Å². The molecule has 4 nitrogen and oxygen atoms in total. The molecule has 0 N–H and O–H groups in total. The molecule has 0 aliphatic carbocycles. The number of hydrogen-bond acceptors (Lipinski definition) is 3. The molecule has 15 heavy (non-hydrogen) atoms. The predicted octanol–water partition coefficient (Wildman–Crippen LogP) is 1.96. The second kappa shape index (κ2) is 4.02. The molecule has 0 bridgehead atoms. The molecule has 0 aliphatic heterocycles. The third-order valence-electron chi connectivity index (χ3n) is 1.96. The lowest BCUT2D eigenvalue weighted by atomic mass is 10.3. The van der Waals surface area contributed by atoms with Crippen LogP contribution in [0.25, 0.3) is 0 Å². The van der Waals surface area contributed by atoms with Crippen molar-refractivity contribution in [1.82, 2.24) is 9.72 Å². The Morgan fingerprint density at radius 2 is 2.33 bits per heavy atom. The summed E-state index contributed by atoms with van der Waals surface area (Å²) in [6, 6.07) is 5.04. The van der Waals surface area contributed by atoms with Gasteiger partial charge in [0, 0.05) is 22.8 Å². The van der Waals surface area contributed by atoms with Crippen molar-refractivity contribution in [2.24, 2.45) is 0 Å². The number of aromatic nitrogens is 2. The molecule has 0 atom stereocenters. The van der Waals surface area contributed by atoms with Gasteiger partial charge in [0.1, 0.15) is 11.5 Å². The first-order valence-corrected chi connectivity index (χ1v) is 5.22. The van der Waals surface area contributed by atoms with E-state index in [1.54, 1.807) is 16.8 Å². The van der Waals surface area contributed by atoms with Gasteiger partial charge >= 0.3 is 0 Å². The highest BCUT2D eigenvalue weighted by Crippen LogP contribution is 2.07. The zero-order valence-electron chi connectivity index (χ0n) is 8.11. The van der Waals surface area contributed by atoms with E-state index in [0.29, 0.717) is 6.54 Å². The highest BCUT2D eigenvalue weighted by Gasteiger charge is 2.03.